The summed E-state index contributed by atoms with van der Waals surface area (Å²) in [4.78, 5) is 24.0. The van der Waals surface area contributed by atoms with E-state index >= 15 is 0 Å². The van der Waals surface area contributed by atoms with Crippen molar-refractivity contribution < 1.29 is 18.7 Å². The molecule has 0 bridgehead atoms. The Bertz CT molecular complexity index is 1510. The van der Waals surface area contributed by atoms with Gasteiger partial charge in [0, 0.05) is 11.1 Å². The summed E-state index contributed by atoms with van der Waals surface area (Å²) in [5, 5.41) is 3.28. The monoisotopic (exact) mass is 549 g/mol. The molecule has 5 rings (SSSR count). The molecule has 1 fully saturated rings. The number of carbonyl (C=O) groups is 1. The van der Waals surface area contributed by atoms with E-state index in [2.05, 4.69) is 34.4 Å². The maximum Gasteiger partial charge on any atom is 0.259 e. The first kappa shape index (κ1) is 26.8. The summed E-state index contributed by atoms with van der Waals surface area (Å²) in [7, 11) is 3.65. The van der Waals surface area contributed by atoms with Crippen molar-refractivity contribution in [1.29, 1.82) is 0 Å². The predicted molar refractivity (Wildman–Crippen MR) is 153 cm³/mol. The lowest BCUT2D eigenvalue weighted by atomic mass is 9.89. The van der Waals surface area contributed by atoms with Crippen LogP contribution in [0.15, 0.2) is 42.6 Å². The Labute approximate surface area is 231 Å². The third-order valence-electron chi connectivity index (χ3n) is 6.90. The van der Waals surface area contributed by atoms with Gasteiger partial charge in [0.2, 0.25) is 5.95 Å². The third kappa shape index (κ3) is 5.67. The molecule has 1 saturated heterocycles. The summed E-state index contributed by atoms with van der Waals surface area (Å²) in [5.74, 6) is 0.767. The van der Waals surface area contributed by atoms with Gasteiger partial charge >= 0.3 is 0 Å². The molecule has 39 heavy (non-hydrogen) atoms. The number of carbonyl (C=O) groups excluding carboxylic acids is 1. The fourth-order valence-electron chi connectivity index (χ4n) is 4.91. The highest BCUT2D eigenvalue weighted by molar-refractivity contribution is 7.21. The second-order valence-electron chi connectivity index (χ2n) is 10.0. The molecular formula is C29H32FN5O3S. The topological polar surface area (TPSA) is 103 Å². The number of aromatic nitrogens is 2. The summed E-state index contributed by atoms with van der Waals surface area (Å²) in [5.41, 5.74) is 8.58. The Kier molecular flexibility index (Phi) is 7.67. The number of primary amides is 1. The van der Waals surface area contributed by atoms with Gasteiger partial charge in [-0.1, -0.05) is 6.07 Å². The van der Waals surface area contributed by atoms with Gasteiger partial charge in [-0.2, -0.15) is 0 Å². The first-order valence-corrected chi connectivity index (χ1v) is 13.7. The molecule has 0 unspecified atom stereocenters. The first-order chi connectivity index (χ1) is 18.7. The average molecular weight is 550 g/mol. The van der Waals surface area contributed by atoms with Gasteiger partial charge in [-0.15, -0.1) is 11.3 Å². The smallest absolute Gasteiger partial charge is 0.259 e. The third-order valence-corrected chi connectivity index (χ3v) is 8.03. The quantitative estimate of drug-likeness (QED) is 0.280. The Balaban J connectivity index is 1.54. The van der Waals surface area contributed by atoms with Crippen LogP contribution in [0.25, 0.3) is 21.3 Å². The first-order valence-electron chi connectivity index (χ1n) is 12.9. The summed E-state index contributed by atoms with van der Waals surface area (Å²) >= 11 is 1.13. The van der Waals surface area contributed by atoms with E-state index in [1.165, 1.54) is 30.9 Å². The minimum atomic E-state index is -0.665. The molecule has 0 saturated carbocycles. The average Bonchev–Trinajstić information content (AvgIpc) is 3.29. The van der Waals surface area contributed by atoms with Crippen molar-refractivity contribution in [3.63, 3.8) is 0 Å². The Hall–Kier alpha value is -3.76. The number of anilines is 2. The molecule has 1 aliphatic rings. The highest BCUT2D eigenvalue weighted by Crippen LogP contribution is 2.41. The van der Waals surface area contributed by atoms with Crippen molar-refractivity contribution in [3.05, 3.63) is 58.9 Å². The SMILES string of the molecule is COc1ccc(F)c(-c2c(C(N)=O)sc3cnc(Nc4ccc(C5CCN(C)CC5)cc4OC(C)C)nc23)c1. The molecule has 2 aromatic heterocycles. The van der Waals surface area contributed by atoms with E-state index in [0.29, 0.717) is 39.1 Å². The maximum absolute atomic E-state index is 15.0. The van der Waals surface area contributed by atoms with Crippen LogP contribution in [-0.2, 0) is 0 Å². The summed E-state index contributed by atoms with van der Waals surface area (Å²) in [6, 6.07) is 10.6. The second kappa shape index (κ2) is 11.2. The Morgan fingerprint density at radius 2 is 1.97 bits per heavy atom. The molecule has 0 spiro atoms. The maximum atomic E-state index is 15.0. The molecule has 0 aliphatic carbocycles. The molecule has 10 heteroatoms. The van der Waals surface area contributed by atoms with Crippen LogP contribution in [0.3, 0.4) is 0 Å². The molecular weight excluding hydrogens is 517 g/mol. The number of fused-ring (bicyclic) bond motifs is 1. The van der Waals surface area contributed by atoms with Gasteiger partial charge in [0.15, 0.2) is 0 Å². The standard InChI is InChI=1S/C29H32FN5O3S/c1-16(2)38-23-13-18(17-9-11-35(3)12-10-17)5-8-22(23)33-29-32-15-24-26(34-29)25(27(39-24)28(31)36)20-14-19(37-4)6-7-21(20)30/h5-8,13-17H,9-12H2,1-4H3,(H2,31,36)(H,32,33,34). The molecule has 0 atom stereocenters. The number of benzene rings is 2. The van der Waals surface area contributed by atoms with Gasteiger partial charge in [-0.05, 0) is 88.6 Å². The fourth-order valence-corrected chi connectivity index (χ4v) is 5.89. The fraction of sp³-hybridized carbons (Fsp3) is 0.345. The molecule has 1 amide bonds. The zero-order valence-electron chi connectivity index (χ0n) is 22.5. The number of amides is 1. The van der Waals surface area contributed by atoms with Crippen LogP contribution >= 0.6 is 11.3 Å². The summed E-state index contributed by atoms with van der Waals surface area (Å²) < 4.78 is 27.1. The van der Waals surface area contributed by atoms with Crippen LogP contribution in [-0.4, -0.2) is 54.1 Å². The molecule has 0 radical (unpaired) electrons. The number of methoxy groups -OCH3 is 1. The number of thiophene rings is 1. The van der Waals surface area contributed by atoms with E-state index in [1.54, 1.807) is 6.20 Å². The van der Waals surface area contributed by atoms with Crippen LogP contribution in [0.5, 0.6) is 11.5 Å². The number of hydrogen-bond acceptors (Lipinski definition) is 8. The van der Waals surface area contributed by atoms with Crippen LogP contribution in [0.1, 0.15) is 47.8 Å². The van der Waals surface area contributed by atoms with Crippen molar-refractivity contribution in [2.75, 3.05) is 32.6 Å². The van der Waals surface area contributed by atoms with Crippen LogP contribution in [0.4, 0.5) is 16.0 Å². The van der Waals surface area contributed by atoms with E-state index in [9.17, 15) is 9.18 Å². The van der Waals surface area contributed by atoms with Crippen molar-refractivity contribution in [2.24, 2.45) is 5.73 Å². The Morgan fingerprint density at radius 3 is 2.67 bits per heavy atom. The van der Waals surface area contributed by atoms with Gasteiger partial charge in [0.1, 0.15) is 22.2 Å². The van der Waals surface area contributed by atoms with Gasteiger partial charge in [0.25, 0.3) is 5.91 Å². The minimum Gasteiger partial charge on any atom is -0.497 e. The van der Waals surface area contributed by atoms with Crippen LogP contribution in [0, 0.1) is 5.82 Å². The lowest BCUT2D eigenvalue weighted by molar-refractivity contribution is 0.100. The number of nitrogens with one attached hydrogen (secondary N) is 1. The molecule has 204 valence electrons. The number of likely N-dealkylation sites (tertiary alicyclic amines) is 1. The van der Waals surface area contributed by atoms with Crippen molar-refractivity contribution in [1.82, 2.24) is 14.9 Å². The summed E-state index contributed by atoms with van der Waals surface area (Å²) in [6.07, 6.45) is 3.79. The number of hydrogen-bond donors (Lipinski definition) is 2. The van der Waals surface area contributed by atoms with Gasteiger partial charge in [-0.3, -0.25) is 4.79 Å². The lowest BCUT2D eigenvalue weighted by Gasteiger charge is -2.29. The van der Waals surface area contributed by atoms with Crippen molar-refractivity contribution in [3.8, 4) is 22.6 Å². The molecule has 2 aromatic carbocycles. The van der Waals surface area contributed by atoms with Gasteiger partial charge in [0.05, 0.1) is 35.3 Å². The number of ether oxygens (including phenoxy) is 2. The van der Waals surface area contributed by atoms with E-state index in [1.807, 2.05) is 19.9 Å². The molecule has 4 aromatic rings. The highest BCUT2D eigenvalue weighted by atomic mass is 32.1. The molecule has 8 nitrogen and oxygen atoms in total. The van der Waals surface area contributed by atoms with Gasteiger partial charge < -0.3 is 25.4 Å². The number of halogens is 1. The number of rotatable bonds is 8. The molecule has 3 heterocycles. The molecule has 3 N–H and O–H groups in total. The highest BCUT2D eigenvalue weighted by Gasteiger charge is 2.24. The van der Waals surface area contributed by atoms with Crippen molar-refractivity contribution >= 4 is 39.1 Å². The van der Waals surface area contributed by atoms with Crippen LogP contribution in [0.2, 0.25) is 0 Å². The second-order valence-corrected chi connectivity index (χ2v) is 11.1. The number of nitrogens with two attached hydrogens (primary N) is 1. The van der Waals surface area contributed by atoms with E-state index < -0.39 is 11.7 Å². The number of piperidine rings is 1. The van der Waals surface area contributed by atoms with Crippen LogP contribution < -0.4 is 20.5 Å². The molecule has 1 aliphatic heterocycles. The largest absolute Gasteiger partial charge is 0.497 e. The Morgan fingerprint density at radius 1 is 1.21 bits per heavy atom. The van der Waals surface area contributed by atoms with Gasteiger partial charge in [-0.25, -0.2) is 14.4 Å². The predicted octanol–water partition coefficient (Wildman–Crippen LogP) is 5.94. The van der Waals surface area contributed by atoms with E-state index in [4.69, 9.17) is 20.2 Å². The van der Waals surface area contributed by atoms with E-state index in [0.717, 1.165) is 43.0 Å². The number of nitrogens with zero attached hydrogens (tertiary/aromatic N) is 3. The lowest BCUT2D eigenvalue weighted by Crippen LogP contribution is -2.29. The van der Waals surface area contributed by atoms with Crippen molar-refractivity contribution in [2.45, 2.75) is 38.7 Å². The zero-order chi connectivity index (χ0) is 27.7. The van der Waals surface area contributed by atoms with E-state index in [-0.39, 0.29) is 16.5 Å². The summed E-state index contributed by atoms with van der Waals surface area (Å²) in [6.45, 7) is 6.12. The zero-order valence-corrected chi connectivity index (χ0v) is 23.3. The minimum absolute atomic E-state index is 0.0284. The normalized spacial score (nSPS) is 14.6.